The summed E-state index contributed by atoms with van der Waals surface area (Å²) in [5, 5.41) is 8.57. The summed E-state index contributed by atoms with van der Waals surface area (Å²) < 4.78 is 1.68. The molecule has 0 radical (unpaired) electrons. The lowest BCUT2D eigenvalue weighted by Crippen LogP contribution is -2.19. The second kappa shape index (κ2) is 8.71. The highest BCUT2D eigenvalue weighted by atomic mass is 16.2. The van der Waals surface area contributed by atoms with Crippen LogP contribution in [0.2, 0.25) is 0 Å². The maximum Gasteiger partial charge on any atom is 0.246 e. The van der Waals surface area contributed by atoms with Crippen molar-refractivity contribution in [3.63, 3.8) is 0 Å². The number of hydrogen-bond acceptors (Lipinski definition) is 3. The van der Waals surface area contributed by atoms with E-state index >= 15 is 0 Å². The topological polar surface area (TPSA) is 59.8 Å². The van der Waals surface area contributed by atoms with Crippen molar-refractivity contribution in [2.45, 2.75) is 20.4 Å². The molecule has 0 fully saturated rings. The molecular weight excluding hydrogens is 408 g/mol. The summed E-state index contributed by atoms with van der Waals surface area (Å²) in [7, 11) is 0. The number of anilines is 1. The number of carbonyl (C=O) groups is 1. The van der Waals surface area contributed by atoms with Gasteiger partial charge in [-0.25, -0.2) is 9.67 Å². The Kier molecular flexibility index (Phi) is 5.45. The number of carbonyl (C=O) groups excluding carboxylic acids is 1. The summed E-state index contributed by atoms with van der Waals surface area (Å²) in [6.07, 6.45) is 1.78. The standard InChI is InChI=1S/C28H24N4O/c1-19-7-6-10-23(17-19)25-15-16-29-28-27(25)20(2)31-32(28)18-26(33)30-24-13-11-22(12-14-24)21-8-4-3-5-9-21/h3-17H,18H2,1-2H3,(H,30,33). The Morgan fingerprint density at radius 2 is 1.58 bits per heavy atom. The van der Waals surface area contributed by atoms with Crippen molar-refractivity contribution in [1.82, 2.24) is 14.8 Å². The molecule has 5 heteroatoms. The predicted octanol–water partition coefficient (Wildman–Crippen LogP) is 6.02. The predicted molar refractivity (Wildman–Crippen MR) is 133 cm³/mol. The van der Waals surface area contributed by atoms with Crippen LogP contribution in [0.1, 0.15) is 11.3 Å². The van der Waals surface area contributed by atoms with Crippen LogP contribution in [0.15, 0.2) is 91.1 Å². The van der Waals surface area contributed by atoms with Gasteiger partial charge in [0.2, 0.25) is 5.91 Å². The van der Waals surface area contributed by atoms with E-state index in [0.29, 0.717) is 5.65 Å². The molecule has 3 aromatic carbocycles. The molecule has 0 unspecified atom stereocenters. The van der Waals surface area contributed by atoms with Crippen LogP contribution in [0.25, 0.3) is 33.3 Å². The lowest BCUT2D eigenvalue weighted by atomic mass is 10.0. The molecule has 162 valence electrons. The second-order valence-electron chi connectivity index (χ2n) is 8.16. The van der Waals surface area contributed by atoms with Crippen LogP contribution >= 0.6 is 0 Å². The first-order chi connectivity index (χ1) is 16.1. The lowest BCUT2D eigenvalue weighted by Gasteiger charge is -2.08. The van der Waals surface area contributed by atoms with Crippen molar-refractivity contribution >= 4 is 22.6 Å². The number of hydrogen-bond donors (Lipinski definition) is 1. The lowest BCUT2D eigenvalue weighted by molar-refractivity contribution is -0.116. The first kappa shape index (κ1) is 20.6. The van der Waals surface area contributed by atoms with E-state index in [2.05, 4.69) is 52.7 Å². The highest BCUT2D eigenvalue weighted by Crippen LogP contribution is 2.30. The van der Waals surface area contributed by atoms with Gasteiger partial charge in [-0.3, -0.25) is 4.79 Å². The first-order valence-electron chi connectivity index (χ1n) is 10.9. The third kappa shape index (κ3) is 4.26. The van der Waals surface area contributed by atoms with Gasteiger partial charge in [0, 0.05) is 17.3 Å². The zero-order valence-electron chi connectivity index (χ0n) is 18.6. The number of rotatable bonds is 5. The molecule has 0 spiro atoms. The molecule has 1 N–H and O–H groups in total. The normalized spacial score (nSPS) is 11.0. The highest BCUT2D eigenvalue weighted by molar-refractivity contribution is 5.96. The zero-order chi connectivity index (χ0) is 22.8. The van der Waals surface area contributed by atoms with Crippen LogP contribution < -0.4 is 5.32 Å². The van der Waals surface area contributed by atoms with E-state index in [-0.39, 0.29) is 12.5 Å². The average molecular weight is 433 g/mol. The summed E-state index contributed by atoms with van der Waals surface area (Å²) in [6.45, 7) is 4.13. The van der Waals surface area contributed by atoms with Gasteiger partial charge < -0.3 is 5.32 Å². The van der Waals surface area contributed by atoms with E-state index in [0.717, 1.165) is 39.0 Å². The molecule has 0 aliphatic carbocycles. The molecule has 2 aromatic heterocycles. The molecule has 0 saturated heterocycles. The second-order valence-corrected chi connectivity index (χ2v) is 8.16. The third-order valence-electron chi connectivity index (χ3n) is 5.71. The van der Waals surface area contributed by atoms with Gasteiger partial charge in [-0.2, -0.15) is 5.10 Å². The smallest absolute Gasteiger partial charge is 0.246 e. The van der Waals surface area contributed by atoms with Crippen LogP contribution in [0.4, 0.5) is 5.69 Å². The van der Waals surface area contributed by atoms with Crippen molar-refractivity contribution in [2.24, 2.45) is 0 Å². The molecule has 5 aromatic rings. The van der Waals surface area contributed by atoms with Crippen molar-refractivity contribution in [3.05, 3.63) is 102 Å². The number of nitrogens with zero attached hydrogens (tertiary/aromatic N) is 3. The molecule has 0 bridgehead atoms. The van der Waals surface area contributed by atoms with Crippen LogP contribution in [-0.2, 0) is 11.3 Å². The minimum absolute atomic E-state index is 0.0923. The quantitative estimate of drug-likeness (QED) is 0.369. The number of fused-ring (bicyclic) bond motifs is 1. The van der Waals surface area contributed by atoms with Gasteiger partial charge in [0.1, 0.15) is 6.54 Å². The van der Waals surface area contributed by atoms with Crippen LogP contribution in [0.3, 0.4) is 0 Å². The zero-order valence-corrected chi connectivity index (χ0v) is 18.6. The number of aryl methyl sites for hydroxylation is 2. The molecule has 0 saturated carbocycles. The fourth-order valence-corrected chi connectivity index (χ4v) is 4.16. The minimum Gasteiger partial charge on any atom is -0.324 e. The van der Waals surface area contributed by atoms with Crippen molar-refractivity contribution in [2.75, 3.05) is 5.32 Å². The Morgan fingerprint density at radius 1 is 0.848 bits per heavy atom. The first-order valence-corrected chi connectivity index (χ1v) is 10.9. The fourth-order valence-electron chi connectivity index (χ4n) is 4.16. The molecule has 2 heterocycles. The van der Waals surface area contributed by atoms with E-state index < -0.39 is 0 Å². The number of pyridine rings is 1. The monoisotopic (exact) mass is 432 g/mol. The molecule has 1 amide bonds. The van der Waals surface area contributed by atoms with E-state index in [1.165, 1.54) is 5.56 Å². The Hall–Kier alpha value is -4.25. The maximum absolute atomic E-state index is 12.8. The largest absolute Gasteiger partial charge is 0.324 e. The van der Waals surface area contributed by atoms with Crippen LogP contribution in [0, 0.1) is 13.8 Å². The summed E-state index contributed by atoms with van der Waals surface area (Å²) in [5.41, 5.74) is 7.95. The van der Waals surface area contributed by atoms with E-state index in [1.807, 2.05) is 61.5 Å². The molecule has 0 aliphatic heterocycles. The van der Waals surface area contributed by atoms with Gasteiger partial charge in [0.05, 0.1) is 5.69 Å². The highest BCUT2D eigenvalue weighted by Gasteiger charge is 2.16. The Bertz CT molecular complexity index is 1440. The summed E-state index contributed by atoms with van der Waals surface area (Å²) in [6, 6.07) is 28.4. The minimum atomic E-state index is -0.144. The Morgan fingerprint density at radius 3 is 2.33 bits per heavy atom. The van der Waals surface area contributed by atoms with Crippen LogP contribution in [0.5, 0.6) is 0 Å². The number of nitrogens with one attached hydrogen (secondary N) is 1. The number of amides is 1. The SMILES string of the molecule is Cc1cccc(-c2ccnc3c2c(C)nn3CC(=O)Nc2ccc(-c3ccccc3)cc2)c1. The molecule has 0 aliphatic rings. The van der Waals surface area contributed by atoms with Gasteiger partial charge in [-0.05, 0) is 54.3 Å². The van der Waals surface area contributed by atoms with E-state index in [1.54, 1.807) is 10.9 Å². The van der Waals surface area contributed by atoms with Gasteiger partial charge in [-0.15, -0.1) is 0 Å². The van der Waals surface area contributed by atoms with Gasteiger partial charge in [0.15, 0.2) is 5.65 Å². The number of benzene rings is 3. The fraction of sp³-hybridized carbons (Fsp3) is 0.107. The van der Waals surface area contributed by atoms with E-state index in [9.17, 15) is 4.79 Å². The van der Waals surface area contributed by atoms with E-state index in [4.69, 9.17) is 0 Å². The summed E-state index contributed by atoms with van der Waals surface area (Å²) in [5.74, 6) is -0.144. The van der Waals surface area contributed by atoms with Crippen LogP contribution in [-0.4, -0.2) is 20.7 Å². The molecular formula is C28H24N4O. The summed E-state index contributed by atoms with van der Waals surface area (Å²) >= 11 is 0. The maximum atomic E-state index is 12.8. The van der Waals surface area contributed by atoms with Gasteiger partial charge >= 0.3 is 0 Å². The average Bonchev–Trinajstić information content (AvgIpc) is 3.15. The van der Waals surface area contributed by atoms with Gasteiger partial charge in [-0.1, -0.05) is 72.3 Å². The molecule has 5 rings (SSSR count). The van der Waals surface area contributed by atoms with Crippen molar-refractivity contribution in [3.8, 4) is 22.3 Å². The third-order valence-corrected chi connectivity index (χ3v) is 5.71. The number of aromatic nitrogens is 3. The van der Waals surface area contributed by atoms with Gasteiger partial charge in [0.25, 0.3) is 0 Å². The molecule has 33 heavy (non-hydrogen) atoms. The van der Waals surface area contributed by atoms with Crippen molar-refractivity contribution in [1.29, 1.82) is 0 Å². The Balaban J connectivity index is 1.37. The molecule has 5 nitrogen and oxygen atoms in total. The van der Waals surface area contributed by atoms with Crippen molar-refractivity contribution < 1.29 is 4.79 Å². The summed E-state index contributed by atoms with van der Waals surface area (Å²) in [4.78, 5) is 17.3. The molecule has 0 atom stereocenters. The Labute approximate surface area is 192 Å².